The number of aromatic nitrogens is 1. The number of carbonyl (C=O) groups is 1. The van der Waals surface area contributed by atoms with E-state index in [9.17, 15) is 4.79 Å². The van der Waals surface area contributed by atoms with E-state index in [1.807, 2.05) is 12.1 Å². The molecule has 2 N–H and O–H groups in total. The third kappa shape index (κ3) is 4.76. The van der Waals surface area contributed by atoms with E-state index < -0.39 is 0 Å². The third-order valence-corrected chi connectivity index (χ3v) is 4.66. The van der Waals surface area contributed by atoms with Gasteiger partial charge in [0.15, 0.2) is 5.82 Å². The van der Waals surface area contributed by atoms with E-state index >= 15 is 0 Å². The minimum Gasteiger partial charge on any atom is -0.497 e. The molecule has 2 amide bonds. The largest absolute Gasteiger partial charge is 0.497 e. The Bertz CT molecular complexity index is 708. The lowest BCUT2D eigenvalue weighted by Crippen LogP contribution is -2.41. The molecule has 0 aliphatic carbocycles. The van der Waals surface area contributed by atoms with Crippen molar-refractivity contribution in [2.24, 2.45) is 0 Å². The predicted molar refractivity (Wildman–Crippen MR) is 99.4 cm³/mol. The molecule has 0 bridgehead atoms. The van der Waals surface area contributed by atoms with Crippen molar-refractivity contribution in [3.63, 3.8) is 0 Å². The van der Waals surface area contributed by atoms with Crippen molar-refractivity contribution < 1.29 is 14.1 Å². The zero-order valence-corrected chi connectivity index (χ0v) is 15.3. The molecule has 0 saturated carbocycles. The average molecular weight is 358 g/mol. The van der Waals surface area contributed by atoms with Gasteiger partial charge >= 0.3 is 6.03 Å². The van der Waals surface area contributed by atoms with Gasteiger partial charge in [-0.15, -0.1) is 0 Å². The van der Waals surface area contributed by atoms with Crippen LogP contribution in [-0.2, 0) is 0 Å². The van der Waals surface area contributed by atoms with Gasteiger partial charge in [0, 0.05) is 12.6 Å². The molecule has 26 heavy (non-hydrogen) atoms. The summed E-state index contributed by atoms with van der Waals surface area (Å²) in [5.41, 5.74) is 1.17. The summed E-state index contributed by atoms with van der Waals surface area (Å²) in [4.78, 5) is 14.6. The molecule has 7 heteroatoms. The number of rotatable bonds is 6. The van der Waals surface area contributed by atoms with E-state index in [1.54, 1.807) is 20.1 Å². The fraction of sp³-hybridized carbons (Fsp3) is 0.474. The van der Waals surface area contributed by atoms with Gasteiger partial charge in [0.25, 0.3) is 0 Å². The quantitative estimate of drug-likeness (QED) is 0.828. The Balaban J connectivity index is 1.65. The van der Waals surface area contributed by atoms with Gasteiger partial charge in [-0.1, -0.05) is 23.7 Å². The van der Waals surface area contributed by atoms with E-state index in [2.05, 4.69) is 32.8 Å². The maximum atomic E-state index is 12.2. The topological polar surface area (TPSA) is 79.6 Å². The Hall–Kier alpha value is -2.54. The van der Waals surface area contributed by atoms with Gasteiger partial charge in [0.05, 0.1) is 13.2 Å². The van der Waals surface area contributed by atoms with Crippen LogP contribution in [0.25, 0.3) is 0 Å². The zero-order valence-electron chi connectivity index (χ0n) is 15.3. The van der Waals surface area contributed by atoms with E-state index in [0.29, 0.717) is 18.1 Å². The summed E-state index contributed by atoms with van der Waals surface area (Å²) in [7, 11) is 1.66. The van der Waals surface area contributed by atoms with Crippen molar-refractivity contribution in [3.05, 3.63) is 41.7 Å². The number of ether oxygens (including phenoxy) is 1. The van der Waals surface area contributed by atoms with Gasteiger partial charge < -0.3 is 14.6 Å². The Morgan fingerprint density at radius 3 is 2.62 bits per heavy atom. The first-order valence-corrected chi connectivity index (χ1v) is 9.02. The molecule has 1 saturated heterocycles. The summed E-state index contributed by atoms with van der Waals surface area (Å²) in [6, 6.07) is 9.59. The number of carbonyl (C=O) groups excluding carboxylic acids is 1. The van der Waals surface area contributed by atoms with Gasteiger partial charge in [0.1, 0.15) is 11.5 Å². The van der Waals surface area contributed by atoms with Crippen LogP contribution in [0.4, 0.5) is 10.6 Å². The highest BCUT2D eigenvalue weighted by atomic mass is 16.5. The molecule has 1 atom stereocenters. The SMILES string of the molecule is COc1ccc([C@H](CNC(=O)Nc2cc(C)on2)N2CCCCC2)cc1. The Labute approximate surface area is 153 Å². The van der Waals surface area contributed by atoms with Gasteiger partial charge in [-0.05, 0) is 50.6 Å². The molecule has 2 aromatic rings. The van der Waals surface area contributed by atoms with Crippen molar-refractivity contribution in [3.8, 4) is 5.75 Å². The van der Waals surface area contributed by atoms with Crippen molar-refractivity contribution in [1.82, 2.24) is 15.4 Å². The predicted octanol–water partition coefficient (Wildman–Crippen LogP) is 3.34. The van der Waals surface area contributed by atoms with Gasteiger partial charge in [0.2, 0.25) is 0 Å². The number of hydrogen-bond acceptors (Lipinski definition) is 5. The number of nitrogens with one attached hydrogen (secondary N) is 2. The van der Waals surface area contributed by atoms with Crippen molar-refractivity contribution in [2.45, 2.75) is 32.2 Å². The summed E-state index contributed by atoms with van der Waals surface area (Å²) in [5.74, 6) is 1.90. The third-order valence-electron chi connectivity index (χ3n) is 4.66. The first kappa shape index (κ1) is 18.3. The highest BCUT2D eigenvalue weighted by Crippen LogP contribution is 2.25. The molecule has 7 nitrogen and oxygen atoms in total. The number of methoxy groups -OCH3 is 1. The summed E-state index contributed by atoms with van der Waals surface area (Å²) >= 11 is 0. The highest BCUT2D eigenvalue weighted by molar-refractivity contribution is 5.88. The lowest BCUT2D eigenvalue weighted by atomic mass is 10.0. The number of urea groups is 1. The molecular weight excluding hydrogens is 332 g/mol. The summed E-state index contributed by atoms with van der Waals surface area (Å²) in [6.07, 6.45) is 3.65. The Morgan fingerprint density at radius 2 is 2.00 bits per heavy atom. The minimum atomic E-state index is -0.283. The van der Waals surface area contributed by atoms with E-state index in [4.69, 9.17) is 9.26 Å². The number of likely N-dealkylation sites (tertiary alicyclic amines) is 1. The number of benzene rings is 1. The van der Waals surface area contributed by atoms with Gasteiger partial charge in [-0.3, -0.25) is 10.2 Å². The van der Waals surface area contributed by atoms with Crippen LogP contribution in [0.1, 0.15) is 36.6 Å². The van der Waals surface area contributed by atoms with Crippen LogP contribution >= 0.6 is 0 Å². The lowest BCUT2D eigenvalue weighted by molar-refractivity contribution is 0.161. The number of nitrogens with zero attached hydrogens (tertiary/aromatic N) is 2. The van der Waals surface area contributed by atoms with Crippen LogP contribution in [0.15, 0.2) is 34.9 Å². The van der Waals surface area contributed by atoms with Crippen LogP contribution in [0.5, 0.6) is 5.75 Å². The summed E-state index contributed by atoms with van der Waals surface area (Å²) in [6.45, 7) is 4.39. The average Bonchev–Trinajstić information content (AvgIpc) is 3.08. The number of hydrogen-bond donors (Lipinski definition) is 2. The normalized spacial score (nSPS) is 16.1. The second kappa shape index (κ2) is 8.71. The molecule has 140 valence electrons. The first-order chi connectivity index (χ1) is 12.7. The van der Waals surface area contributed by atoms with E-state index in [1.165, 1.54) is 24.8 Å². The number of aryl methyl sites for hydroxylation is 1. The molecule has 3 rings (SSSR count). The fourth-order valence-corrected chi connectivity index (χ4v) is 3.29. The maximum absolute atomic E-state index is 12.2. The maximum Gasteiger partial charge on any atom is 0.320 e. The lowest BCUT2D eigenvalue weighted by Gasteiger charge is -2.35. The van der Waals surface area contributed by atoms with Crippen molar-refractivity contribution in [1.29, 1.82) is 0 Å². The van der Waals surface area contributed by atoms with E-state index in [0.717, 1.165) is 18.8 Å². The Morgan fingerprint density at radius 1 is 1.27 bits per heavy atom. The number of anilines is 1. The Kier molecular flexibility index (Phi) is 6.12. The highest BCUT2D eigenvalue weighted by Gasteiger charge is 2.23. The van der Waals surface area contributed by atoms with Crippen LogP contribution in [0.2, 0.25) is 0 Å². The van der Waals surface area contributed by atoms with Crippen LogP contribution in [0, 0.1) is 6.92 Å². The molecular formula is C19H26N4O3. The fourth-order valence-electron chi connectivity index (χ4n) is 3.29. The smallest absolute Gasteiger partial charge is 0.320 e. The van der Waals surface area contributed by atoms with Crippen molar-refractivity contribution >= 4 is 11.8 Å². The van der Waals surface area contributed by atoms with Gasteiger partial charge in [-0.2, -0.15) is 0 Å². The first-order valence-electron chi connectivity index (χ1n) is 9.02. The molecule has 0 unspecified atom stereocenters. The molecule has 0 radical (unpaired) electrons. The standard InChI is InChI=1S/C19H26N4O3/c1-14-12-18(22-26-14)21-19(24)20-13-17(23-10-4-3-5-11-23)15-6-8-16(25-2)9-7-15/h6-9,12,17H,3-5,10-11,13H2,1-2H3,(H2,20,21,22,24)/t17-/m0/s1. The van der Waals surface area contributed by atoms with Crippen molar-refractivity contribution in [2.75, 3.05) is 32.1 Å². The second-order valence-electron chi connectivity index (χ2n) is 6.54. The van der Waals surface area contributed by atoms with Gasteiger partial charge in [-0.25, -0.2) is 4.79 Å². The van der Waals surface area contributed by atoms with Crippen LogP contribution < -0.4 is 15.4 Å². The summed E-state index contributed by atoms with van der Waals surface area (Å²) < 4.78 is 10.2. The second-order valence-corrected chi connectivity index (χ2v) is 6.54. The molecule has 1 aromatic heterocycles. The monoisotopic (exact) mass is 358 g/mol. The summed E-state index contributed by atoms with van der Waals surface area (Å²) in [5, 5.41) is 9.44. The van der Waals surface area contributed by atoms with Crippen LogP contribution in [-0.4, -0.2) is 42.8 Å². The number of amides is 2. The molecule has 1 aromatic carbocycles. The molecule has 1 fully saturated rings. The number of piperidine rings is 1. The van der Waals surface area contributed by atoms with E-state index in [-0.39, 0.29) is 12.1 Å². The van der Waals surface area contributed by atoms with Crippen LogP contribution in [0.3, 0.4) is 0 Å². The molecule has 0 spiro atoms. The minimum absolute atomic E-state index is 0.131. The molecule has 2 heterocycles. The molecule has 1 aliphatic rings. The zero-order chi connectivity index (χ0) is 18.4. The molecule has 1 aliphatic heterocycles.